The Morgan fingerprint density at radius 3 is 3.04 bits per heavy atom. The summed E-state index contributed by atoms with van der Waals surface area (Å²) in [6.07, 6.45) is 2.50. The molecule has 0 fully saturated rings. The van der Waals surface area contributed by atoms with Crippen LogP contribution in [0.3, 0.4) is 0 Å². The standard InChI is InChI=1S/C17H20ClN3O2/c1-2-4-15-19-14-7-8-21(10-12(14)17(23)20-15)9-11-5-3-6-13(18)16(11)22/h3,5-6,22H,2,4,7-10H2,1H3,(H,19,20,23). The Balaban J connectivity index is 1.80. The average molecular weight is 334 g/mol. The van der Waals surface area contributed by atoms with Crippen LogP contribution in [-0.2, 0) is 25.9 Å². The number of halogens is 1. The third kappa shape index (κ3) is 3.41. The number of fused-ring (bicyclic) bond motifs is 1. The number of aromatic amines is 1. The monoisotopic (exact) mass is 333 g/mol. The predicted octanol–water partition coefficient (Wildman–Crippen LogP) is 2.64. The highest BCUT2D eigenvalue weighted by Crippen LogP contribution is 2.28. The van der Waals surface area contributed by atoms with E-state index in [9.17, 15) is 9.90 Å². The number of phenols is 1. The van der Waals surface area contributed by atoms with Crippen molar-refractivity contribution in [1.82, 2.24) is 14.9 Å². The molecule has 2 N–H and O–H groups in total. The number of aryl methyl sites for hydroxylation is 1. The van der Waals surface area contributed by atoms with E-state index in [-0.39, 0.29) is 11.3 Å². The fourth-order valence-corrected chi connectivity index (χ4v) is 3.15. The first-order chi connectivity index (χ1) is 11.1. The van der Waals surface area contributed by atoms with Gasteiger partial charge in [0.05, 0.1) is 16.3 Å². The molecule has 0 saturated heterocycles. The highest BCUT2D eigenvalue weighted by molar-refractivity contribution is 6.32. The van der Waals surface area contributed by atoms with Crippen molar-refractivity contribution in [2.75, 3.05) is 6.54 Å². The first-order valence-electron chi connectivity index (χ1n) is 7.88. The summed E-state index contributed by atoms with van der Waals surface area (Å²) in [5, 5.41) is 10.4. The van der Waals surface area contributed by atoms with Gasteiger partial charge in [-0.15, -0.1) is 0 Å². The van der Waals surface area contributed by atoms with Crippen LogP contribution in [0.4, 0.5) is 0 Å². The molecule has 2 aromatic rings. The number of hydrogen-bond donors (Lipinski definition) is 2. The molecule has 6 heteroatoms. The largest absolute Gasteiger partial charge is 0.506 e. The van der Waals surface area contributed by atoms with E-state index < -0.39 is 0 Å². The Bertz CT molecular complexity index is 773. The van der Waals surface area contributed by atoms with Crippen molar-refractivity contribution in [2.45, 2.75) is 39.3 Å². The Labute approximate surface area is 139 Å². The van der Waals surface area contributed by atoms with Crippen molar-refractivity contribution >= 4 is 11.6 Å². The number of aromatic nitrogens is 2. The minimum absolute atomic E-state index is 0.0431. The molecule has 122 valence electrons. The molecule has 2 heterocycles. The lowest BCUT2D eigenvalue weighted by Gasteiger charge is -2.28. The van der Waals surface area contributed by atoms with Gasteiger partial charge < -0.3 is 10.1 Å². The van der Waals surface area contributed by atoms with Crippen LogP contribution in [0.25, 0.3) is 0 Å². The molecule has 1 aromatic carbocycles. The van der Waals surface area contributed by atoms with Crippen LogP contribution >= 0.6 is 11.6 Å². The average Bonchev–Trinajstić information content (AvgIpc) is 2.53. The molecular weight excluding hydrogens is 314 g/mol. The van der Waals surface area contributed by atoms with Crippen LogP contribution in [-0.4, -0.2) is 26.5 Å². The van der Waals surface area contributed by atoms with E-state index in [0.29, 0.717) is 18.1 Å². The zero-order chi connectivity index (χ0) is 16.4. The quantitative estimate of drug-likeness (QED) is 0.902. The summed E-state index contributed by atoms with van der Waals surface area (Å²) in [5.41, 5.74) is 2.37. The van der Waals surface area contributed by atoms with Gasteiger partial charge in [0, 0.05) is 38.0 Å². The second-order valence-electron chi connectivity index (χ2n) is 5.90. The maximum Gasteiger partial charge on any atom is 0.255 e. The van der Waals surface area contributed by atoms with Gasteiger partial charge in [-0.3, -0.25) is 9.69 Å². The van der Waals surface area contributed by atoms with Gasteiger partial charge in [0.2, 0.25) is 0 Å². The van der Waals surface area contributed by atoms with E-state index in [1.807, 2.05) is 12.1 Å². The molecule has 5 nitrogen and oxygen atoms in total. The molecule has 0 spiro atoms. The molecule has 1 aromatic heterocycles. The molecule has 0 bridgehead atoms. The molecule has 0 radical (unpaired) electrons. The third-order valence-corrected chi connectivity index (χ3v) is 4.45. The first-order valence-corrected chi connectivity index (χ1v) is 8.26. The number of nitrogens with one attached hydrogen (secondary N) is 1. The zero-order valence-electron chi connectivity index (χ0n) is 13.1. The van der Waals surface area contributed by atoms with E-state index in [0.717, 1.165) is 48.5 Å². The third-order valence-electron chi connectivity index (χ3n) is 4.15. The molecule has 0 aliphatic carbocycles. The van der Waals surface area contributed by atoms with Gasteiger partial charge in [-0.05, 0) is 12.5 Å². The van der Waals surface area contributed by atoms with E-state index in [1.165, 1.54) is 0 Å². The van der Waals surface area contributed by atoms with Crippen molar-refractivity contribution in [2.24, 2.45) is 0 Å². The number of rotatable bonds is 4. The van der Waals surface area contributed by atoms with Gasteiger partial charge in [0.15, 0.2) is 0 Å². The molecule has 1 aliphatic rings. The normalized spacial score (nSPS) is 14.7. The summed E-state index contributed by atoms with van der Waals surface area (Å²) in [6.45, 7) is 3.97. The van der Waals surface area contributed by atoms with E-state index >= 15 is 0 Å². The molecule has 0 saturated carbocycles. The summed E-state index contributed by atoms with van der Waals surface area (Å²) in [5.74, 6) is 0.891. The minimum atomic E-state index is -0.0431. The lowest BCUT2D eigenvalue weighted by atomic mass is 10.1. The molecule has 0 amide bonds. The lowest BCUT2D eigenvalue weighted by Crippen LogP contribution is -2.35. The summed E-state index contributed by atoms with van der Waals surface area (Å²) in [6, 6.07) is 5.33. The first kappa shape index (κ1) is 16.0. The van der Waals surface area contributed by atoms with Gasteiger partial charge in [0.25, 0.3) is 5.56 Å². The summed E-state index contributed by atoms with van der Waals surface area (Å²) >= 11 is 5.95. The van der Waals surface area contributed by atoms with Crippen molar-refractivity contribution < 1.29 is 5.11 Å². The maximum absolute atomic E-state index is 12.3. The topological polar surface area (TPSA) is 69.2 Å². The smallest absolute Gasteiger partial charge is 0.255 e. The Kier molecular flexibility index (Phi) is 4.68. The molecule has 0 unspecified atom stereocenters. The van der Waals surface area contributed by atoms with Crippen molar-refractivity contribution in [3.63, 3.8) is 0 Å². The van der Waals surface area contributed by atoms with Crippen LogP contribution < -0.4 is 5.56 Å². The summed E-state index contributed by atoms with van der Waals surface area (Å²) in [4.78, 5) is 21.9. The number of aromatic hydroxyl groups is 1. The Hall–Kier alpha value is -1.85. The van der Waals surface area contributed by atoms with Crippen LogP contribution in [0.5, 0.6) is 5.75 Å². The fraction of sp³-hybridized carbons (Fsp3) is 0.412. The van der Waals surface area contributed by atoms with Crippen LogP contribution in [0.2, 0.25) is 5.02 Å². The number of H-pyrrole nitrogens is 1. The lowest BCUT2D eigenvalue weighted by molar-refractivity contribution is 0.238. The predicted molar refractivity (Wildman–Crippen MR) is 89.8 cm³/mol. The van der Waals surface area contributed by atoms with Crippen molar-refractivity contribution in [3.05, 3.63) is 56.2 Å². The highest BCUT2D eigenvalue weighted by Gasteiger charge is 2.22. The Morgan fingerprint density at radius 1 is 1.43 bits per heavy atom. The second-order valence-corrected chi connectivity index (χ2v) is 6.30. The van der Waals surface area contributed by atoms with Gasteiger partial charge in [-0.25, -0.2) is 4.98 Å². The number of phenolic OH excluding ortho intramolecular Hbond substituents is 1. The van der Waals surface area contributed by atoms with Gasteiger partial charge in [0.1, 0.15) is 11.6 Å². The highest BCUT2D eigenvalue weighted by atomic mass is 35.5. The van der Waals surface area contributed by atoms with E-state index in [4.69, 9.17) is 11.6 Å². The number of benzene rings is 1. The van der Waals surface area contributed by atoms with Crippen LogP contribution in [0, 0.1) is 0 Å². The van der Waals surface area contributed by atoms with Gasteiger partial charge in [-0.1, -0.05) is 30.7 Å². The number of para-hydroxylation sites is 1. The van der Waals surface area contributed by atoms with E-state index in [1.54, 1.807) is 6.07 Å². The molecule has 1 aliphatic heterocycles. The Morgan fingerprint density at radius 2 is 2.26 bits per heavy atom. The molecule has 0 atom stereocenters. The van der Waals surface area contributed by atoms with Crippen LogP contribution in [0.1, 0.15) is 36.0 Å². The SMILES string of the molecule is CCCc1nc2c(c(=O)[nH]1)CN(Cc1cccc(Cl)c1O)CC2. The molecule has 23 heavy (non-hydrogen) atoms. The van der Waals surface area contributed by atoms with Crippen molar-refractivity contribution in [3.8, 4) is 5.75 Å². The van der Waals surface area contributed by atoms with E-state index in [2.05, 4.69) is 21.8 Å². The number of nitrogens with zero attached hydrogens (tertiary/aromatic N) is 2. The second kappa shape index (κ2) is 6.72. The van der Waals surface area contributed by atoms with Gasteiger partial charge >= 0.3 is 0 Å². The minimum Gasteiger partial charge on any atom is -0.506 e. The summed E-state index contributed by atoms with van der Waals surface area (Å²) in [7, 11) is 0. The summed E-state index contributed by atoms with van der Waals surface area (Å²) < 4.78 is 0. The number of hydrogen-bond acceptors (Lipinski definition) is 4. The molecular formula is C17H20ClN3O2. The van der Waals surface area contributed by atoms with Crippen molar-refractivity contribution in [1.29, 1.82) is 0 Å². The zero-order valence-corrected chi connectivity index (χ0v) is 13.9. The van der Waals surface area contributed by atoms with Gasteiger partial charge in [-0.2, -0.15) is 0 Å². The molecule has 3 rings (SSSR count). The maximum atomic E-state index is 12.3. The van der Waals surface area contributed by atoms with Crippen LogP contribution in [0.15, 0.2) is 23.0 Å². The fourth-order valence-electron chi connectivity index (χ4n) is 2.95.